The molecule has 25 heavy (non-hydrogen) atoms. The van der Waals surface area contributed by atoms with Gasteiger partial charge in [0.2, 0.25) is 0 Å². The topological polar surface area (TPSA) is 114 Å². The summed E-state index contributed by atoms with van der Waals surface area (Å²) in [6.07, 6.45) is 0. The van der Waals surface area contributed by atoms with Gasteiger partial charge in [-0.05, 0) is 31.0 Å². The van der Waals surface area contributed by atoms with E-state index in [2.05, 4.69) is 15.0 Å². The van der Waals surface area contributed by atoms with E-state index in [4.69, 9.17) is 15.0 Å². The van der Waals surface area contributed by atoms with E-state index in [1.54, 1.807) is 38.1 Å². The third-order valence-electron chi connectivity index (χ3n) is 3.63. The van der Waals surface area contributed by atoms with Gasteiger partial charge in [-0.3, -0.25) is 4.98 Å². The van der Waals surface area contributed by atoms with Gasteiger partial charge in [0, 0.05) is 16.2 Å². The fraction of sp³-hybridized carbons (Fsp3) is 0.235. The zero-order valence-electron chi connectivity index (χ0n) is 14.2. The van der Waals surface area contributed by atoms with Gasteiger partial charge in [0.1, 0.15) is 0 Å². The SMILES string of the molecule is COC(=O)c1c(C)nc(C)c(C(=O)OC)c1-c1cccc(N=[N+]=[N-])c1. The molecule has 128 valence electrons. The quantitative estimate of drug-likeness (QED) is 0.362. The standard InChI is InChI=1S/C17H16N4O4/c1-9-13(16(22)24-3)15(14(10(2)19-9)17(23)25-4)11-6-5-7-12(8-11)20-21-18/h5-8H,1-4H3. The third kappa shape index (κ3) is 3.44. The molecule has 1 aromatic heterocycles. The van der Waals surface area contributed by atoms with Crippen molar-refractivity contribution in [3.63, 3.8) is 0 Å². The zero-order chi connectivity index (χ0) is 18.6. The largest absolute Gasteiger partial charge is 0.465 e. The maximum atomic E-state index is 12.3. The summed E-state index contributed by atoms with van der Waals surface area (Å²) in [4.78, 5) is 31.7. The van der Waals surface area contributed by atoms with Crippen molar-refractivity contribution in [1.29, 1.82) is 0 Å². The number of methoxy groups -OCH3 is 2. The summed E-state index contributed by atoms with van der Waals surface area (Å²) in [6, 6.07) is 6.54. The number of benzene rings is 1. The predicted octanol–water partition coefficient (Wildman–Crippen LogP) is 3.88. The average Bonchev–Trinajstić information content (AvgIpc) is 2.60. The van der Waals surface area contributed by atoms with Gasteiger partial charge < -0.3 is 9.47 Å². The summed E-state index contributed by atoms with van der Waals surface area (Å²) in [5, 5.41) is 3.56. The lowest BCUT2D eigenvalue weighted by Crippen LogP contribution is -2.16. The highest BCUT2D eigenvalue weighted by Gasteiger charge is 2.27. The number of ether oxygens (including phenoxy) is 2. The van der Waals surface area contributed by atoms with Crippen molar-refractivity contribution in [2.45, 2.75) is 13.8 Å². The van der Waals surface area contributed by atoms with Gasteiger partial charge in [-0.2, -0.15) is 0 Å². The maximum absolute atomic E-state index is 12.3. The van der Waals surface area contributed by atoms with Crippen LogP contribution in [0, 0.1) is 13.8 Å². The summed E-state index contributed by atoms with van der Waals surface area (Å²) in [5.41, 5.74) is 11.0. The Morgan fingerprint density at radius 2 is 1.64 bits per heavy atom. The molecule has 1 aromatic carbocycles. The Labute approximate surface area is 144 Å². The van der Waals surface area contributed by atoms with Crippen LogP contribution in [0.3, 0.4) is 0 Å². The van der Waals surface area contributed by atoms with Gasteiger partial charge in [-0.15, -0.1) is 0 Å². The lowest BCUT2D eigenvalue weighted by atomic mass is 9.92. The van der Waals surface area contributed by atoms with Crippen molar-refractivity contribution in [2.75, 3.05) is 14.2 Å². The van der Waals surface area contributed by atoms with Crippen LogP contribution in [0.25, 0.3) is 21.6 Å². The Bertz CT molecular complexity index is 862. The predicted molar refractivity (Wildman–Crippen MR) is 90.6 cm³/mol. The molecule has 0 aliphatic rings. The Morgan fingerprint density at radius 3 is 2.12 bits per heavy atom. The molecule has 0 amide bonds. The van der Waals surface area contributed by atoms with Crippen LogP contribution in [0.5, 0.6) is 0 Å². The first kappa shape index (κ1) is 18.0. The lowest BCUT2D eigenvalue weighted by molar-refractivity contribution is 0.0599. The molecule has 0 saturated carbocycles. The molecular formula is C17H16N4O4. The van der Waals surface area contributed by atoms with Crippen molar-refractivity contribution in [3.8, 4) is 11.1 Å². The van der Waals surface area contributed by atoms with E-state index in [-0.39, 0.29) is 11.1 Å². The average molecular weight is 340 g/mol. The molecule has 2 rings (SSSR count). The monoisotopic (exact) mass is 340 g/mol. The van der Waals surface area contributed by atoms with Crippen LogP contribution in [0.4, 0.5) is 5.69 Å². The molecule has 0 saturated heterocycles. The second-order valence-electron chi connectivity index (χ2n) is 5.13. The Hall–Kier alpha value is -3.38. The Kier molecular flexibility index (Phi) is 5.36. The van der Waals surface area contributed by atoms with Crippen LogP contribution in [-0.2, 0) is 9.47 Å². The molecule has 8 nitrogen and oxygen atoms in total. The minimum Gasteiger partial charge on any atom is -0.465 e. The first-order valence-corrected chi connectivity index (χ1v) is 7.28. The number of aromatic nitrogens is 1. The normalized spacial score (nSPS) is 9.92. The number of aryl methyl sites for hydroxylation is 2. The summed E-state index contributed by atoms with van der Waals surface area (Å²) < 4.78 is 9.70. The molecule has 0 radical (unpaired) electrons. The van der Waals surface area contributed by atoms with Gasteiger partial charge >= 0.3 is 11.9 Å². The van der Waals surface area contributed by atoms with E-state index >= 15 is 0 Å². The van der Waals surface area contributed by atoms with Gasteiger partial charge in [-0.25, -0.2) is 9.59 Å². The third-order valence-corrected chi connectivity index (χ3v) is 3.63. The second kappa shape index (κ2) is 7.46. The summed E-state index contributed by atoms with van der Waals surface area (Å²) in [6.45, 7) is 3.31. The van der Waals surface area contributed by atoms with Crippen LogP contribution in [-0.4, -0.2) is 31.1 Å². The van der Waals surface area contributed by atoms with Crippen LogP contribution >= 0.6 is 0 Å². The molecular weight excluding hydrogens is 324 g/mol. The minimum absolute atomic E-state index is 0.159. The van der Waals surface area contributed by atoms with Crippen LogP contribution in [0.2, 0.25) is 0 Å². The molecule has 1 heterocycles. The van der Waals surface area contributed by atoms with Gasteiger partial charge in [0.25, 0.3) is 0 Å². The number of carbonyl (C=O) groups is 2. The summed E-state index contributed by atoms with van der Waals surface area (Å²) in [7, 11) is 2.50. The lowest BCUT2D eigenvalue weighted by Gasteiger charge is -2.17. The number of pyridine rings is 1. The van der Waals surface area contributed by atoms with Crippen molar-refractivity contribution in [1.82, 2.24) is 4.98 Å². The van der Waals surface area contributed by atoms with E-state index in [9.17, 15) is 9.59 Å². The van der Waals surface area contributed by atoms with E-state index in [1.165, 1.54) is 14.2 Å². The number of esters is 2. The van der Waals surface area contributed by atoms with Crippen molar-refractivity contribution >= 4 is 17.6 Å². The highest BCUT2D eigenvalue weighted by atomic mass is 16.5. The number of rotatable bonds is 4. The van der Waals surface area contributed by atoms with Crippen molar-refractivity contribution in [3.05, 3.63) is 57.2 Å². The van der Waals surface area contributed by atoms with Crippen LogP contribution in [0.15, 0.2) is 29.4 Å². The molecule has 0 bridgehead atoms. The summed E-state index contributed by atoms with van der Waals surface area (Å²) in [5.74, 6) is -1.25. The molecule has 2 aromatic rings. The molecule has 0 fully saturated rings. The van der Waals surface area contributed by atoms with E-state index in [1.807, 2.05) is 0 Å². The number of hydrogen-bond donors (Lipinski definition) is 0. The number of carbonyl (C=O) groups excluding carboxylic acids is 2. The van der Waals surface area contributed by atoms with Crippen molar-refractivity contribution in [2.24, 2.45) is 5.11 Å². The van der Waals surface area contributed by atoms with Crippen LogP contribution < -0.4 is 0 Å². The molecule has 0 unspecified atom stereocenters. The molecule has 0 spiro atoms. The first-order chi connectivity index (χ1) is 11.9. The number of nitrogens with zero attached hydrogens (tertiary/aromatic N) is 4. The van der Waals surface area contributed by atoms with Gasteiger partial charge in [0.15, 0.2) is 0 Å². The fourth-order valence-electron chi connectivity index (χ4n) is 2.62. The number of hydrogen-bond acceptors (Lipinski definition) is 6. The van der Waals surface area contributed by atoms with Crippen LogP contribution in [0.1, 0.15) is 32.1 Å². The maximum Gasteiger partial charge on any atom is 0.340 e. The second-order valence-corrected chi connectivity index (χ2v) is 5.13. The van der Waals surface area contributed by atoms with Gasteiger partial charge in [-0.1, -0.05) is 23.3 Å². The van der Waals surface area contributed by atoms with E-state index < -0.39 is 11.9 Å². The minimum atomic E-state index is -0.626. The number of azide groups is 1. The molecule has 0 atom stereocenters. The first-order valence-electron chi connectivity index (χ1n) is 7.28. The molecule has 0 aliphatic heterocycles. The van der Waals surface area contributed by atoms with E-state index in [0.717, 1.165) is 0 Å². The fourth-order valence-corrected chi connectivity index (χ4v) is 2.62. The zero-order valence-corrected chi connectivity index (χ0v) is 14.2. The van der Waals surface area contributed by atoms with Gasteiger partial charge in [0.05, 0.1) is 36.7 Å². The highest BCUT2D eigenvalue weighted by Crippen LogP contribution is 2.34. The highest BCUT2D eigenvalue weighted by molar-refractivity contribution is 6.07. The Morgan fingerprint density at radius 1 is 1.08 bits per heavy atom. The smallest absolute Gasteiger partial charge is 0.340 e. The molecule has 0 aliphatic carbocycles. The van der Waals surface area contributed by atoms with Crippen molar-refractivity contribution < 1.29 is 19.1 Å². The summed E-state index contributed by atoms with van der Waals surface area (Å²) >= 11 is 0. The molecule has 0 N–H and O–H groups in total. The Balaban J connectivity index is 2.93. The molecule has 8 heteroatoms. The van der Waals surface area contributed by atoms with E-state index in [0.29, 0.717) is 28.2 Å².